The van der Waals surface area contributed by atoms with E-state index in [4.69, 9.17) is 22.6 Å². The molecule has 0 amide bonds. The van der Waals surface area contributed by atoms with Gasteiger partial charge in [-0.05, 0) is 31.2 Å². The number of hydrogen-bond acceptors (Lipinski definition) is 7. The van der Waals surface area contributed by atoms with Crippen LogP contribution in [0.25, 0.3) is 5.65 Å². The summed E-state index contributed by atoms with van der Waals surface area (Å²) in [7, 11) is 0. The minimum Gasteiger partial charge on any atom is -0.381 e. The molecule has 0 saturated heterocycles. The summed E-state index contributed by atoms with van der Waals surface area (Å²) in [5, 5.41) is 29.7. The first-order valence-electron chi connectivity index (χ1n) is 6.19. The molecule has 8 nitrogen and oxygen atoms in total. The van der Waals surface area contributed by atoms with E-state index in [2.05, 4.69) is 25.5 Å². The van der Waals surface area contributed by atoms with Gasteiger partial charge in [-0.25, -0.2) is 0 Å². The Kier molecular flexibility index (Phi) is 3.40. The van der Waals surface area contributed by atoms with Gasteiger partial charge in [-0.2, -0.15) is 20.0 Å². The maximum Gasteiger partial charge on any atom is 0.207 e. The van der Waals surface area contributed by atoms with Gasteiger partial charge in [0.25, 0.3) is 0 Å². The van der Waals surface area contributed by atoms with Crippen molar-refractivity contribution in [2.75, 3.05) is 5.73 Å². The molecule has 2 heterocycles. The third-order valence-corrected chi connectivity index (χ3v) is 3.17. The Balaban J connectivity index is 2.08. The van der Waals surface area contributed by atoms with Gasteiger partial charge in [-0.3, -0.25) is 0 Å². The molecular weight excluding hydrogens is 304 g/mol. The lowest BCUT2D eigenvalue weighted by molar-refractivity contribution is 0.879. The molecule has 3 aromatic rings. The average Bonchev–Trinajstić information content (AvgIpc) is 2.84. The molecule has 0 fully saturated rings. The van der Waals surface area contributed by atoms with Crippen molar-refractivity contribution < 1.29 is 0 Å². The highest BCUT2D eigenvalue weighted by molar-refractivity contribution is 6.30. The van der Waals surface area contributed by atoms with Crippen molar-refractivity contribution in [1.82, 2.24) is 19.8 Å². The number of nitrogens with zero attached hydrogens (tertiary/aromatic N) is 7. The van der Waals surface area contributed by atoms with Crippen molar-refractivity contribution >= 4 is 34.4 Å². The average molecular weight is 313 g/mol. The molecule has 0 aliphatic carbocycles. The first kappa shape index (κ1) is 13.9. The molecule has 0 unspecified atom stereocenters. The van der Waals surface area contributed by atoms with E-state index < -0.39 is 0 Å². The number of nitriles is 1. The van der Waals surface area contributed by atoms with Crippen molar-refractivity contribution in [2.24, 2.45) is 10.2 Å². The molecule has 0 bridgehead atoms. The van der Waals surface area contributed by atoms with Crippen LogP contribution in [0.15, 0.2) is 34.5 Å². The predicted molar refractivity (Wildman–Crippen MR) is 80.3 cm³/mol. The maximum atomic E-state index is 8.90. The van der Waals surface area contributed by atoms with Crippen LogP contribution < -0.4 is 5.73 Å². The Hall–Kier alpha value is -3.05. The first-order chi connectivity index (χ1) is 10.6. The zero-order valence-electron chi connectivity index (χ0n) is 11.4. The second kappa shape index (κ2) is 5.38. The van der Waals surface area contributed by atoms with Gasteiger partial charge >= 0.3 is 0 Å². The molecule has 0 atom stereocenters. The van der Waals surface area contributed by atoms with Crippen LogP contribution in [0.2, 0.25) is 5.02 Å². The minimum atomic E-state index is 0.0104. The Morgan fingerprint density at radius 2 is 1.95 bits per heavy atom. The van der Waals surface area contributed by atoms with Gasteiger partial charge in [0.05, 0.1) is 11.4 Å². The van der Waals surface area contributed by atoms with Crippen molar-refractivity contribution in [2.45, 2.75) is 6.92 Å². The van der Waals surface area contributed by atoms with Crippen molar-refractivity contribution in [1.29, 1.82) is 5.26 Å². The fourth-order valence-electron chi connectivity index (χ4n) is 1.83. The van der Waals surface area contributed by atoms with Gasteiger partial charge in [-0.15, -0.1) is 15.3 Å². The van der Waals surface area contributed by atoms with Gasteiger partial charge in [-0.1, -0.05) is 11.6 Å². The summed E-state index contributed by atoms with van der Waals surface area (Å²) in [5.74, 6) is 0.114. The molecule has 2 aromatic heterocycles. The Labute approximate surface area is 129 Å². The van der Waals surface area contributed by atoms with Crippen molar-refractivity contribution in [3.63, 3.8) is 0 Å². The van der Waals surface area contributed by atoms with Crippen molar-refractivity contribution in [3.05, 3.63) is 40.7 Å². The van der Waals surface area contributed by atoms with Crippen LogP contribution >= 0.6 is 11.6 Å². The molecule has 2 N–H and O–H groups in total. The quantitative estimate of drug-likeness (QED) is 0.730. The van der Waals surface area contributed by atoms with E-state index in [0.717, 1.165) is 0 Å². The molecule has 9 heteroatoms. The molecule has 1 aromatic carbocycles. The van der Waals surface area contributed by atoms with Crippen LogP contribution in [0.4, 0.5) is 17.2 Å². The molecule has 108 valence electrons. The predicted octanol–water partition coefficient (Wildman–Crippen LogP) is 2.96. The van der Waals surface area contributed by atoms with Crippen LogP contribution in [0.3, 0.4) is 0 Å². The Bertz CT molecular complexity index is 920. The topological polar surface area (TPSA) is 118 Å². The summed E-state index contributed by atoms with van der Waals surface area (Å²) in [5.41, 5.74) is 7.83. The van der Waals surface area contributed by atoms with Crippen LogP contribution in [-0.4, -0.2) is 19.8 Å². The molecule has 22 heavy (non-hydrogen) atoms. The monoisotopic (exact) mass is 312 g/mol. The summed E-state index contributed by atoms with van der Waals surface area (Å²) in [6.45, 7) is 1.75. The van der Waals surface area contributed by atoms with Gasteiger partial charge < -0.3 is 5.73 Å². The van der Waals surface area contributed by atoms with Gasteiger partial charge in [0, 0.05) is 5.02 Å². The van der Waals surface area contributed by atoms with E-state index in [-0.39, 0.29) is 11.5 Å². The standard InChI is InChI=1S/C13H9ClN8/c1-7-11(19-17-9-4-2-8(14)3-5-9)13-20-18-10(6-15)12(16)22(13)21-7/h2-5H,16H2,1H3. The van der Waals surface area contributed by atoms with Crippen molar-refractivity contribution in [3.8, 4) is 6.07 Å². The van der Waals surface area contributed by atoms with E-state index in [9.17, 15) is 0 Å². The summed E-state index contributed by atoms with van der Waals surface area (Å²) in [4.78, 5) is 0. The third-order valence-electron chi connectivity index (χ3n) is 2.92. The zero-order chi connectivity index (χ0) is 15.7. The summed E-state index contributed by atoms with van der Waals surface area (Å²) in [6, 6.07) is 8.76. The highest BCUT2D eigenvalue weighted by Crippen LogP contribution is 2.27. The van der Waals surface area contributed by atoms with Crippen LogP contribution in [0.1, 0.15) is 11.4 Å². The first-order valence-corrected chi connectivity index (χ1v) is 6.57. The number of aromatic nitrogens is 4. The zero-order valence-corrected chi connectivity index (χ0v) is 12.2. The smallest absolute Gasteiger partial charge is 0.207 e. The number of rotatable bonds is 2. The molecular formula is C13H9ClN8. The van der Waals surface area contributed by atoms with E-state index in [1.807, 2.05) is 6.07 Å². The number of anilines is 1. The van der Waals surface area contributed by atoms with Gasteiger partial charge in [0.2, 0.25) is 11.3 Å². The number of nitrogen functional groups attached to an aromatic ring is 1. The van der Waals surface area contributed by atoms with E-state index in [0.29, 0.717) is 27.7 Å². The molecule has 0 aliphatic rings. The Morgan fingerprint density at radius 1 is 1.23 bits per heavy atom. The third kappa shape index (κ3) is 2.34. The lowest BCUT2D eigenvalue weighted by atomic mass is 10.3. The number of halogens is 1. The van der Waals surface area contributed by atoms with Crippen LogP contribution in [0, 0.1) is 18.3 Å². The number of aryl methyl sites for hydroxylation is 1. The molecule has 0 saturated carbocycles. The summed E-state index contributed by atoms with van der Waals surface area (Å²) < 4.78 is 1.33. The number of fused-ring (bicyclic) bond motifs is 1. The Morgan fingerprint density at radius 3 is 2.64 bits per heavy atom. The molecule has 0 radical (unpaired) electrons. The van der Waals surface area contributed by atoms with Gasteiger partial charge in [0.1, 0.15) is 6.07 Å². The number of hydrogen-bond donors (Lipinski definition) is 1. The fraction of sp³-hybridized carbons (Fsp3) is 0.0769. The highest BCUT2D eigenvalue weighted by Gasteiger charge is 2.15. The van der Waals surface area contributed by atoms with Crippen LogP contribution in [-0.2, 0) is 0 Å². The number of azo groups is 1. The molecule has 0 spiro atoms. The SMILES string of the molecule is Cc1nn2c(N)c(C#N)nnc2c1N=Nc1ccc(Cl)cc1. The second-order valence-electron chi connectivity index (χ2n) is 4.39. The van der Waals surface area contributed by atoms with Crippen LogP contribution in [0.5, 0.6) is 0 Å². The number of nitrogens with two attached hydrogens (primary N) is 1. The number of benzene rings is 1. The largest absolute Gasteiger partial charge is 0.381 e. The van der Waals surface area contributed by atoms with E-state index in [1.54, 1.807) is 31.2 Å². The van der Waals surface area contributed by atoms with E-state index >= 15 is 0 Å². The lowest BCUT2D eigenvalue weighted by Gasteiger charge is -1.98. The van der Waals surface area contributed by atoms with Gasteiger partial charge in [0.15, 0.2) is 11.5 Å². The lowest BCUT2D eigenvalue weighted by Crippen LogP contribution is -2.05. The molecule has 0 aliphatic heterocycles. The summed E-state index contributed by atoms with van der Waals surface area (Å²) >= 11 is 5.82. The summed E-state index contributed by atoms with van der Waals surface area (Å²) in [6.07, 6.45) is 0. The minimum absolute atomic E-state index is 0.0104. The highest BCUT2D eigenvalue weighted by atomic mass is 35.5. The normalized spacial score (nSPS) is 11.1. The fourth-order valence-corrected chi connectivity index (χ4v) is 1.95. The molecule has 3 rings (SSSR count). The van der Waals surface area contributed by atoms with E-state index in [1.165, 1.54) is 4.52 Å². The second-order valence-corrected chi connectivity index (χ2v) is 4.83. The maximum absolute atomic E-state index is 8.90.